The van der Waals surface area contributed by atoms with Crippen molar-refractivity contribution in [2.24, 2.45) is 0 Å². The van der Waals surface area contributed by atoms with E-state index in [0.29, 0.717) is 11.3 Å². The van der Waals surface area contributed by atoms with Gasteiger partial charge in [-0.05, 0) is 11.8 Å². The van der Waals surface area contributed by atoms with Crippen molar-refractivity contribution in [1.29, 1.82) is 0 Å². The highest BCUT2D eigenvalue weighted by Gasteiger charge is 2.27. The molecule has 0 radical (unpaired) electrons. The third-order valence-electron chi connectivity index (χ3n) is 3.48. The fraction of sp³-hybridized carbons (Fsp3) is 0.333. The lowest BCUT2D eigenvalue weighted by molar-refractivity contribution is -0.233. The van der Waals surface area contributed by atoms with Crippen LogP contribution in [-0.4, -0.2) is 38.5 Å². The summed E-state index contributed by atoms with van der Waals surface area (Å²) in [6.07, 6.45) is 1.14. The van der Waals surface area contributed by atoms with E-state index in [2.05, 4.69) is 0 Å². The molecule has 25 heavy (non-hydrogen) atoms. The van der Waals surface area contributed by atoms with Crippen LogP contribution in [0.3, 0.4) is 0 Å². The Morgan fingerprint density at radius 1 is 1.04 bits per heavy atom. The topological polar surface area (TPSA) is 55.8 Å². The highest BCUT2D eigenvalue weighted by molar-refractivity contribution is 7.98. The van der Waals surface area contributed by atoms with E-state index in [-0.39, 0.29) is 12.3 Å². The molecule has 2 rings (SSSR count). The average molecular weight is 382 g/mol. The quantitative estimate of drug-likeness (QED) is 0.466. The number of sulfonamides is 1. The highest BCUT2D eigenvalue weighted by atomic mass is 32.2. The van der Waals surface area contributed by atoms with Gasteiger partial charge in [-0.15, -0.1) is 0 Å². The Balaban J connectivity index is 2.19. The lowest BCUT2D eigenvalue weighted by Gasteiger charge is -2.26. The minimum absolute atomic E-state index is 0.118. The van der Waals surface area contributed by atoms with E-state index in [9.17, 15) is 8.42 Å². The van der Waals surface area contributed by atoms with Crippen LogP contribution in [0.5, 0.6) is 0 Å². The second-order valence-corrected chi connectivity index (χ2v) is 8.19. The lowest BCUT2D eigenvalue weighted by Crippen LogP contribution is -2.36. The second-order valence-electron chi connectivity index (χ2n) is 5.34. The van der Waals surface area contributed by atoms with Gasteiger partial charge >= 0.3 is 0 Å². The van der Waals surface area contributed by atoms with E-state index in [1.807, 2.05) is 54.8 Å². The molecule has 136 valence electrons. The van der Waals surface area contributed by atoms with Gasteiger partial charge in [-0.25, -0.2) is 13.3 Å². The summed E-state index contributed by atoms with van der Waals surface area (Å²) in [4.78, 5) is 5.73. The normalized spacial score (nSPS) is 13.1. The third kappa shape index (κ3) is 6.13. The fourth-order valence-electron chi connectivity index (χ4n) is 2.24. The number of thioether (sulfide) groups is 1. The van der Waals surface area contributed by atoms with Crippen molar-refractivity contribution in [1.82, 2.24) is 4.47 Å². The molecule has 2 aromatic rings. The molecule has 2 aromatic carbocycles. The Morgan fingerprint density at radius 3 is 2.20 bits per heavy atom. The van der Waals surface area contributed by atoms with E-state index in [4.69, 9.17) is 9.57 Å². The number of ether oxygens (including phenoxy) is 1. The molecule has 7 heteroatoms. The van der Waals surface area contributed by atoms with Crippen LogP contribution in [-0.2, 0) is 25.4 Å². The smallest absolute Gasteiger partial charge is 0.240 e. The van der Waals surface area contributed by atoms with Crippen LogP contribution in [0, 0.1) is 0 Å². The molecule has 0 amide bonds. The number of hydrogen-bond acceptors (Lipinski definition) is 5. The fourth-order valence-corrected chi connectivity index (χ4v) is 4.04. The van der Waals surface area contributed by atoms with Gasteiger partial charge in [-0.3, -0.25) is 0 Å². The summed E-state index contributed by atoms with van der Waals surface area (Å²) in [7, 11) is -2.15. The van der Waals surface area contributed by atoms with Crippen LogP contribution in [0.25, 0.3) is 0 Å². The predicted octanol–water partition coefficient (Wildman–Crippen LogP) is 3.46. The van der Waals surface area contributed by atoms with Crippen molar-refractivity contribution in [2.75, 3.05) is 25.7 Å². The Bertz CT molecular complexity index is 723. The third-order valence-corrected chi connectivity index (χ3v) is 5.66. The SMILES string of the molecule is COC(ON(CCSC)S(=O)(=O)Cc1ccccc1)c1ccccc1. The molecule has 0 saturated carbocycles. The molecule has 0 N–H and O–H groups in total. The zero-order chi connectivity index (χ0) is 18.1. The second kappa shape index (κ2) is 9.94. The molecule has 0 aliphatic rings. The van der Waals surface area contributed by atoms with Crippen LogP contribution >= 0.6 is 11.8 Å². The average Bonchev–Trinajstić information content (AvgIpc) is 2.63. The van der Waals surface area contributed by atoms with Gasteiger partial charge in [0, 0.05) is 25.0 Å². The van der Waals surface area contributed by atoms with E-state index < -0.39 is 16.3 Å². The van der Waals surface area contributed by atoms with Crippen LogP contribution in [0.1, 0.15) is 17.4 Å². The molecule has 0 aliphatic carbocycles. The zero-order valence-electron chi connectivity index (χ0n) is 14.4. The van der Waals surface area contributed by atoms with E-state index in [1.165, 1.54) is 7.11 Å². The Labute approximate surface area is 154 Å². The summed E-state index contributed by atoms with van der Waals surface area (Å²) < 4.78 is 32.1. The molecule has 0 bridgehead atoms. The maximum atomic E-state index is 12.8. The van der Waals surface area contributed by atoms with Gasteiger partial charge in [0.25, 0.3) is 0 Å². The van der Waals surface area contributed by atoms with Crippen LogP contribution < -0.4 is 0 Å². The van der Waals surface area contributed by atoms with Gasteiger partial charge in [0.1, 0.15) is 0 Å². The van der Waals surface area contributed by atoms with E-state index in [0.717, 1.165) is 10.0 Å². The number of hydrogen-bond donors (Lipinski definition) is 0. The molecular formula is C18H23NO4S2. The molecule has 0 spiro atoms. The van der Waals surface area contributed by atoms with Gasteiger partial charge in [0.2, 0.25) is 16.3 Å². The number of benzene rings is 2. The van der Waals surface area contributed by atoms with Gasteiger partial charge < -0.3 is 4.74 Å². The number of methoxy groups -OCH3 is 1. The Hall–Kier alpha value is -1.38. The Morgan fingerprint density at radius 2 is 1.64 bits per heavy atom. The molecule has 0 aromatic heterocycles. The summed E-state index contributed by atoms with van der Waals surface area (Å²) in [5.74, 6) is 0.507. The van der Waals surface area contributed by atoms with E-state index in [1.54, 1.807) is 23.9 Å². The first-order valence-corrected chi connectivity index (χ1v) is 10.8. The number of hydroxylamine groups is 1. The van der Waals surface area contributed by atoms with Crippen molar-refractivity contribution in [3.63, 3.8) is 0 Å². The maximum absolute atomic E-state index is 12.8. The number of nitrogens with zero attached hydrogens (tertiary/aromatic N) is 1. The summed E-state index contributed by atoms with van der Waals surface area (Å²) in [6.45, 7) is 0.253. The molecule has 0 fully saturated rings. The Kier molecular flexibility index (Phi) is 7.92. The molecule has 5 nitrogen and oxygen atoms in total. The van der Waals surface area contributed by atoms with Crippen molar-refractivity contribution in [3.8, 4) is 0 Å². The molecule has 0 aliphatic heterocycles. The van der Waals surface area contributed by atoms with Crippen LogP contribution in [0.15, 0.2) is 60.7 Å². The zero-order valence-corrected chi connectivity index (χ0v) is 16.0. The molecule has 1 atom stereocenters. The first kappa shape index (κ1) is 19.9. The van der Waals surface area contributed by atoms with E-state index >= 15 is 0 Å². The molecular weight excluding hydrogens is 358 g/mol. The van der Waals surface area contributed by atoms with Crippen molar-refractivity contribution in [3.05, 3.63) is 71.8 Å². The largest absolute Gasteiger partial charge is 0.350 e. The van der Waals surface area contributed by atoms with Gasteiger partial charge in [-0.1, -0.05) is 65.1 Å². The predicted molar refractivity (Wildman–Crippen MR) is 101 cm³/mol. The minimum Gasteiger partial charge on any atom is -0.350 e. The summed E-state index contributed by atoms with van der Waals surface area (Å²) in [5, 5.41) is 0. The molecule has 0 saturated heterocycles. The van der Waals surface area contributed by atoms with Crippen molar-refractivity contribution in [2.45, 2.75) is 12.0 Å². The maximum Gasteiger partial charge on any atom is 0.240 e. The van der Waals surface area contributed by atoms with Crippen LogP contribution in [0.4, 0.5) is 0 Å². The molecule has 1 unspecified atom stereocenters. The summed E-state index contributed by atoms with van der Waals surface area (Å²) >= 11 is 1.56. The standard InChI is InChI=1S/C18H23NO4S2/c1-22-18(17-11-7-4-8-12-17)23-19(13-14-24-2)25(20,21)15-16-9-5-3-6-10-16/h3-12,18H,13-15H2,1-2H3. The van der Waals surface area contributed by atoms with Crippen LogP contribution in [0.2, 0.25) is 0 Å². The van der Waals surface area contributed by atoms with Gasteiger partial charge in [0.05, 0.1) is 5.75 Å². The lowest BCUT2D eigenvalue weighted by atomic mass is 10.2. The monoisotopic (exact) mass is 381 g/mol. The highest BCUT2D eigenvalue weighted by Crippen LogP contribution is 2.22. The van der Waals surface area contributed by atoms with Crippen molar-refractivity contribution < 1.29 is 18.0 Å². The molecule has 0 heterocycles. The van der Waals surface area contributed by atoms with Gasteiger partial charge in [0.15, 0.2) is 0 Å². The first-order chi connectivity index (χ1) is 12.1. The number of rotatable bonds is 10. The van der Waals surface area contributed by atoms with Crippen molar-refractivity contribution >= 4 is 21.8 Å². The summed E-state index contributed by atoms with van der Waals surface area (Å²) in [6, 6.07) is 18.3. The minimum atomic E-state index is -3.64. The van der Waals surface area contributed by atoms with Gasteiger partial charge in [-0.2, -0.15) is 11.8 Å². The first-order valence-electron chi connectivity index (χ1n) is 7.84. The summed E-state index contributed by atoms with van der Waals surface area (Å²) in [5.41, 5.74) is 1.47.